The Morgan fingerprint density at radius 2 is 1.48 bits per heavy atom. The van der Waals surface area contributed by atoms with Crippen LogP contribution in [0.5, 0.6) is 0 Å². The molecule has 2 aromatic carbocycles. The Kier molecular flexibility index (Phi) is 7.25. The molecule has 4 rings (SSSR count). The number of fused-ring (bicyclic) bond motifs is 1. The third kappa shape index (κ3) is 6.12. The zero-order valence-corrected chi connectivity index (χ0v) is 16.0. The highest BCUT2D eigenvalue weighted by Gasteiger charge is 2.03. The molecular formula is C23H23N3S. The molecule has 0 fully saturated rings. The normalized spacial score (nSPS) is 10.2. The molecule has 3 nitrogen and oxygen atoms in total. The first-order chi connectivity index (χ1) is 13.3. The van der Waals surface area contributed by atoms with Gasteiger partial charge in [-0.25, -0.2) is 4.98 Å². The number of hydrogen-bond donors (Lipinski definition) is 1. The van der Waals surface area contributed by atoms with Crippen LogP contribution in [0.3, 0.4) is 0 Å². The van der Waals surface area contributed by atoms with E-state index < -0.39 is 0 Å². The second kappa shape index (κ2) is 10.3. The molecule has 0 bridgehead atoms. The Morgan fingerprint density at radius 1 is 0.852 bits per heavy atom. The summed E-state index contributed by atoms with van der Waals surface area (Å²) in [6.07, 6.45) is 6.12. The van der Waals surface area contributed by atoms with Crippen molar-refractivity contribution in [3.05, 3.63) is 109 Å². The van der Waals surface area contributed by atoms with E-state index in [9.17, 15) is 0 Å². The van der Waals surface area contributed by atoms with E-state index in [1.165, 1.54) is 11.1 Å². The molecule has 1 N–H and O–H groups in total. The number of allylic oxidation sites excluding steroid dienone is 1. The van der Waals surface area contributed by atoms with Crippen LogP contribution in [0, 0.1) is 0 Å². The van der Waals surface area contributed by atoms with Gasteiger partial charge in [0.25, 0.3) is 0 Å². The van der Waals surface area contributed by atoms with Crippen molar-refractivity contribution in [2.24, 2.45) is 0 Å². The number of H-pyrrole nitrogens is 1. The van der Waals surface area contributed by atoms with Crippen molar-refractivity contribution in [2.75, 3.05) is 0 Å². The van der Waals surface area contributed by atoms with Crippen LogP contribution in [0.25, 0.3) is 11.4 Å². The highest BCUT2D eigenvalue weighted by molar-refractivity contribution is 7.97. The van der Waals surface area contributed by atoms with Gasteiger partial charge in [-0.15, -0.1) is 6.58 Å². The van der Waals surface area contributed by atoms with Crippen LogP contribution in [-0.2, 0) is 17.9 Å². The number of nitrogens with zero attached hydrogens (tertiary/aromatic N) is 2. The summed E-state index contributed by atoms with van der Waals surface area (Å²) in [5.41, 5.74) is 4.74. The van der Waals surface area contributed by atoms with E-state index in [0.717, 1.165) is 35.1 Å². The maximum Gasteiger partial charge on any atom is 0.110 e. The predicted molar refractivity (Wildman–Crippen MR) is 115 cm³/mol. The number of thioether (sulfide) groups is 1. The van der Waals surface area contributed by atoms with Crippen LogP contribution in [0.15, 0.2) is 91.8 Å². The molecule has 4 heteroatoms. The second-order valence-electron chi connectivity index (χ2n) is 6.03. The summed E-state index contributed by atoms with van der Waals surface area (Å²) in [7, 11) is 0. The minimum absolute atomic E-state index is 0.765. The summed E-state index contributed by atoms with van der Waals surface area (Å²) in [5, 5.41) is 0. The van der Waals surface area contributed by atoms with E-state index in [0.29, 0.717) is 0 Å². The van der Waals surface area contributed by atoms with Gasteiger partial charge in [0.05, 0.1) is 11.9 Å². The van der Waals surface area contributed by atoms with Crippen LogP contribution in [0.1, 0.15) is 17.0 Å². The maximum atomic E-state index is 4.18. The molecule has 0 aromatic heterocycles. The molecule has 0 spiro atoms. The number of aromatic amines is 1. The van der Waals surface area contributed by atoms with E-state index in [4.69, 9.17) is 0 Å². The Balaban J connectivity index is 0.000000159. The van der Waals surface area contributed by atoms with Gasteiger partial charge >= 0.3 is 0 Å². The molecule has 0 saturated heterocycles. The zero-order chi connectivity index (χ0) is 18.7. The van der Waals surface area contributed by atoms with Gasteiger partial charge in [-0.3, -0.25) is 4.98 Å². The van der Waals surface area contributed by atoms with Gasteiger partial charge in [-0.1, -0.05) is 66.7 Å². The van der Waals surface area contributed by atoms with Gasteiger partial charge in [-0.05, 0) is 17.2 Å². The van der Waals surface area contributed by atoms with Gasteiger partial charge in [0, 0.05) is 24.1 Å². The van der Waals surface area contributed by atoms with Gasteiger partial charge in [-0.2, -0.15) is 11.8 Å². The molecule has 0 unspecified atom stereocenters. The van der Waals surface area contributed by atoms with E-state index in [1.54, 1.807) is 12.4 Å². The number of rotatable bonds is 6. The zero-order valence-electron chi connectivity index (χ0n) is 15.2. The topological polar surface area (TPSA) is 41.6 Å². The minimum Gasteiger partial charge on any atom is -0.342 e. The molecule has 27 heavy (non-hydrogen) atoms. The van der Waals surface area contributed by atoms with Crippen molar-refractivity contribution in [1.82, 2.24) is 15.0 Å². The number of nitrogens with one attached hydrogen (secondary N) is 1. The van der Waals surface area contributed by atoms with E-state index in [2.05, 4.69) is 82.2 Å². The summed E-state index contributed by atoms with van der Waals surface area (Å²) in [4.78, 5) is 11.4. The van der Waals surface area contributed by atoms with Crippen LogP contribution < -0.4 is 0 Å². The number of hydrogen-bond acceptors (Lipinski definition) is 3. The smallest absolute Gasteiger partial charge is 0.110 e. The Bertz CT molecular complexity index is 864. The summed E-state index contributed by atoms with van der Waals surface area (Å²) in [5.74, 6) is 3.11. The van der Waals surface area contributed by atoms with E-state index in [-0.39, 0.29) is 0 Å². The van der Waals surface area contributed by atoms with Gasteiger partial charge in [0.15, 0.2) is 0 Å². The molecule has 136 valence electrons. The average molecular weight is 374 g/mol. The van der Waals surface area contributed by atoms with Crippen LogP contribution in [0.4, 0.5) is 0 Å². The van der Waals surface area contributed by atoms with Gasteiger partial charge in [0.2, 0.25) is 0 Å². The first-order valence-electron chi connectivity index (χ1n) is 8.90. The summed E-state index contributed by atoms with van der Waals surface area (Å²) >= 11 is 1.96. The van der Waals surface area contributed by atoms with Crippen molar-refractivity contribution >= 4 is 11.8 Å². The van der Waals surface area contributed by atoms with Crippen molar-refractivity contribution in [2.45, 2.75) is 17.9 Å². The molecule has 0 atom stereocenters. The molecule has 0 aliphatic carbocycles. The molecule has 0 radical (unpaired) electrons. The molecule has 2 aromatic rings. The molecule has 0 saturated carbocycles. The van der Waals surface area contributed by atoms with Gasteiger partial charge in [0.1, 0.15) is 11.5 Å². The van der Waals surface area contributed by atoms with Crippen LogP contribution in [-0.4, -0.2) is 15.0 Å². The van der Waals surface area contributed by atoms with Crippen molar-refractivity contribution < 1.29 is 0 Å². The van der Waals surface area contributed by atoms with Crippen molar-refractivity contribution in [3.8, 4) is 11.4 Å². The molecule has 0 amide bonds. The highest BCUT2D eigenvalue weighted by Crippen LogP contribution is 2.17. The lowest BCUT2D eigenvalue weighted by atomic mass is 10.2. The molecule has 2 heterocycles. The highest BCUT2D eigenvalue weighted by atomic mass is 32.2. The second-order valence-corrected chi connectivity index (χ2v) is 7.02. The lowest BCUT2D eigenvalue weighted by Gasteiger charge is -2.01. The third-order valence-electron chi connectivity index (χ3n) is 3.91. The first kappa shape index (κ1) is 18.9. The largest absolute Gasteiger partial charge is 0.342 e. The van der Waals surface area contributed by atoms with Crippen LogP contribution in [0.2, 0.25) is 0 Å². The predicted octanol–water partition coefficient (Wildman–Crippen LogP) is 5.76. The van der Waals surface area contributed by atoms with Crippen molar-refractivity contribution in [1.29, 1.82) is 0 Å². The SMILES string of the molecule is C=CCc1ncc2nccc-2[nH]1.c1ccc(CSCc2ccccc2)cc1. The summed E-state index contributed by atoms with van der Waals surface area (Å²) < 4.78 is 0. The first-order valence-corrected chi connectivity index (χ1v) is 10.1. The summed E-state index contributed by atoms with van der Waals surface area (Å²) in [6, 6.07) is 23.2. The standard InChI is InChI=1S/C14H14S.C9H9N3/c1-3-7-13(8-4-1)11-15-12-14-9-5-2-6-10-14;1-2-3-9-11-6-8-7(12-9)4-5-10-8/h1-10H,11-12H2;2,4-6H,1,3H2,(H,11,12). The maximum absolute atomic E-state index is 4.18. The fraction of sp³-hybridized carbons (Fsp3) is 0.130. The van der Waals surface area contributed by atoms with Crippen molar-refractivity contribution in [3.63, 3.8) is 0 Å². The van der Waals surface area contributed by atoms with E-state index >= 15 is 0 Å². The number of aromatic nitrogens is 3. The third-order valence-corrected chi connectivity index (χ3v) is 4.99. The van der Waals surface area contributed by atoms with E-state index in [1.807, 2.05) is 23.9 Å². The molecular weight excluding hydrogens is 350 g/mol. The lowest BCUT2D eigenvalue weighted by Crippen LogP contribution is -1.94. The Labute approximate surface area is 164 Å². The molecule has 2 aliphatic rings. The number of benzene rings is 2. The molecule has 2 aliphatic heterocycles. The quantitative estimate of drug-likeness (QED) is 0.437. The Morgan fingerprint density at radius 3 is 2.07 bits per heavy atom. The minimum atomic E-state index is 0.765. The fourth-order valence-electron chi connectivity index (χ4n) is 2.56. The fourth-order valence-corrected chi connectivity index (χ4v) is 3.52. The Hall–Kier alpha value is -2.85. The summed E-state index contributed by atoms with van der Waals surface area (Å²) in [6.45, 7) is 3.65. The monoisotopic (exact) mass is 373 g/mol. The average Bonchev–Trinajstić information content (AvgIpc) is 3.18. The van der Waals surface area contributed by atoms with Gasteiger partial charge < -0.3 is 4.98 Å². The lowest BCUT2D eigenvalue weighted by molar-refractivity contribution is 0.990. The van der Waals surface area contributed by atoms with Crippen LogP contribution >= 0.6 is 11.8 Å².